The molecule has 0 aliphatic carbocycles. The number of benzene rings is 1. The van der Waals surface area contributed by atoms with E-state index < -0.39 is 0 Å². The van der Waals surface area contributed by atoms with Gasteiger partial charge in [0.2, 0.25) is 0 Å². The van der Waals surface area contributed by atoms with Crippen molar-refractivity contribution in [2.75, 3.05) is 19.6 Å². The molecule has 1 saturated heterocycles. The fraction of sp³-hybridized carbons (Fsp3) is 0.684. The quantitative estimate of drug-likeness (QED) is 0.903. The van der Waals surface area contributed by atoms with Crippen LogP contribution in [0.4, 0.5) is 0 Å². The van der Waals surface area contributed by atoms with Gasteiger partial charge in [0, 0.05) is 12.6 Å². The van der Waals surface area contributed by atoms with E-state index >= 15 is 0 Å². The van der Waals surface area contributed by atoms with Gasteiger partial charge in [0.05, 0.1) is 0 Å². The van der Waals surface area contributed by atoms with Crippen molar-refractivity contribution in [3.05, 3.63) is 34.4 Å². The molecule has 0 spiro atoms. The maximum absolute atomic E-state index is 6.17. The van der Waals surface area contributed by atoms with E-state index in [9.17, 15) is 0 Å². The van der Waals surface area contributed by atoms with E-state index in [4.69, 9.17) is 5.73 Å². The zero-order chi connectivity index (χ0) is 15.6. The van der Waals surface area contributed by atoms with Crippen LogP contribution >= 0.6 is 0 Å². The van der Waals surface area contributed by atoms with Crippen LogP contribution in [-0.2, 0) is 0 Å². The molecule has 1 aliphatic rings. The fourth-order valence-corrected chi connectivity index (χ4v) is 3.90. The minimum Gasteiger partial charge on any atom is -0.329 e. The lowest BCUT2D eigenvalue weighted by Gasteiger charge is -2.43. The zero-order valence-electron chi connectivity index (χ0n) is 14.5. The van der Waals surface area contributed by atoms with Gasteiger partial charge < -0.3 is 5.73 Å². The first-order valence-corrected chi connectivity index (χ1v) is 8.42. The van der Waals surface area contributed by atoms with Gasteiger partial charge in [-0.25, -0.2) is 0 Å². The monoisotopic (exact) mass is 288 g/mol. The maximum atomic E-state index is 6.17. The average molecular weight is 288 g/mol. The number of nitrogens with two attached hydrogens (primary N) is 1. The molecule has 2 N–H and O–H groups in total. The number of hydrogen-bond acceptors (Lipinski definition) is 2. The lowest BCUT2D eigenvalue weighted by atomic mass is 9.77. The Morgan fingerprint density at radius 1 is 1.14 bits per heavy atom. The van der Waals surface area contributed by atoms with Crippen LogP contribution < -0.4 is 5.73 Å². The molecule has 1 unspecified atom stereocenters. The van der Waals surface area contributed by atoms with E-state index in [0.717, 1.165) is 0 Å². The Labute approximate surface area is 130 Å². The Balaban J connectivity index is 2.22. The minimum atomic E-state index is 0.381. The first-order chi connectivity index (χ1) is 9.90. The van der Waals surface area contributed by atoms with Gasteiger partial charge in [-0.2, -0.15) is 0 Å². The summed E-state index contributed by atoms with van der Waals surface area (Å²) in [7, 11) is 0. The largest absolute Gasteiger partial charge is 0.329 e. The standard InChI is InChI=1S/C19H32N2/c1-6-19(5)7-9-21(10-8-19)17(13-20)18-15(3)11-14(2)12-16(18)4/h11-12,17H,6-10,13,20H2,1-5H3. The highest BCUT2D eigenvalue weighted by atomic mass is 15.2. The molecule has 1 aliphatic heterocycles. The second-order valence-electron chi connectivity index (χ2n) is 7.26. The van der Waals surface area contributed by atoms with Gasteiger partial charge in [-0.15, -0.1) is 0 Å². The highest BCUT2D eigenvalue weighted by molar-refractivity contribution is 5.40. The van der Waals surface area contributed by atoms with Gasteiger partial charge in [0.25, 0.3) is 0 Å². The third-order valence-electron chi connectivity index (χ3n) is 5.59. The average Bonchev–Trinajstić information content (AvgIpc) is 2.44. The van der Waals surface area contributed by atoms with E-state index in [-0.39, 0.29) is 0 Å². The fourth-order valence-electron chi connectivity index (χ4n) is 3.90. The second-order valence-corrected chi connectivity index (χ2v) is 7.26. The summed E-state index contributed by atoms with van der Waals surface area (Å²) in [5, 5.41) is 0. The van der Waals surface area contributed by atoms with Crippen LogP contribution in [0.5, 0.6) is 0 Å². The highest BCUT2D eigenvalue weighted by Crippen LogP contribution is 2.37. The molecule has 1 fully saturated rings. The first kappa shape index (κ1) is 16.5. The summed E-state index contributed by atoms with van der Waals surface area (Å²) < 4.78 is 0. The molecule has 118 valence electrons. The molecule has 2 heteroatoms. The molecular formula is C19H32N2. The van der Waals surface area contributed by atoms with E-state index in [1.165, 1.54) is 54.6 Å². The second kappa shape index (κ2) is 6.50. The Morgan fingerprint density at radius 2 is 1.67 bits per heavy atom. The molecule has 0 radical (unpaired) electrons. The van der Waals surface area contributed by atoms with Crippen molar-refractivity contribution in [3.63, 3.8) is 0 Å². The maximum Gasteiger partial charge on any atom is 0.0475 e. The zero-order valence-corrected chi connectivity index (χ0v) is 14.5. The summed E-state index contributed by atoms with van der Waals surface area (Å²) in [6, 6.07) is 4.97. The molecule has 1 atom stereocenters. The van der Waals surface area contributed by atoms with Crippen LogP contribution in [-0.4, -0.2) is 24.5 Å². The lowest BCUT2D eigenvalue weighted by Crippen LogP contribution is -2.43. The van der Waals surface area contributed by atoms with Crippen LogP contribution in [0.15, 0.2) is 12.1 Å². The molecular weight excluding hydrogens is 256 g/mol. The molecule has 0 saturated carbocycles. The molecule has 21 heavy (non-hydrogen) atoms. The van der Waals surface area contributed by atoms with Crippen LogP contribution in [0.1, 0.15) is 61.4 Å². The third-order valence-corrected chi connectivity index (χ3v) is 5.59. The van der Waals surface area contributed by atoms with E-state index in [1.807, 2.05) is 0 Å². The van der Waals surface area contributed by atoms with Crippen molar-refractivity contribution in [2.24, 2.45) is 11.1 Å². The Hall–Kier alpha value is -0.860. The molecule has 0 aromatic heterocycles. The van der Waals surface area contributed by atoms with Crippen molar-refractivity contribution in [3.8, 4) is 0 Å². The summed E-state index contributed by atoms with van der Waals surface area (Å²) >= 11 is 0. The summed E-state index contributed by atoms with van der Waals surface area (Å²) in [4.78, 5) is 2.61. The molecule has 1 aromatic carbocycles. The highest BCUT2D eigenvalue weighted by Gasteiger charge is 2.32. The summed E-state index contributed by atoms with van der Waals surface area (Å²) in [5.41, 5.74) is 12.3. The van der Waals surface area contributed by atoms with Crippen LogP contribution in [0.2, 0.25) is 0 Å². The van der Waals surface area contributed by atoms with E-state index in [0.29, 0.717) is 18.0 Å². The van der Waals surface area contributed by atoms with Crippen LogP contribution in [0, 0.1) is 26.2 Å². The van der Waals surface area contributed by atoms with E-state index in [1.54, 1.807) is 0 Å². The van der Waals surface area contributed by atoms with Gasteiger partial charge in [-0.1, -0.05) is 38.0 Å². The molecule has 2 rings (SSSR count). The van der Waals surface area contributed by atoms with Crippen LogP contribution in [0.3, 0.4) is 0 Å². The smallest absolute Gasteiger partial charge is 0.0475 e. The lowest BCUT2D eigenvalue weighted by molar-refractivity contribution is 0.0825. The molecule has 1 heterocycles. The van der Waals surface area contributed by atoms with Gasteiger partial charge in [-0.3, -0.25) is 4.90 Å². The van der Waals surface area contributed by atoms with Crippen molar-refractivity contribution in [1.82, 2.24) is 4.90 Å². The van der Waals surface area contributed by atoms with Gasteiger partial charge in [0.1, 0.15) is 0 Å². The number of nitrogens with zero attached hydrogens (tertiary/aromatic N) is 1. The van der Waals surface area contributed by atoms with Crippen molar-refractivity contribution in [1.29, 1.82) is 0 Å². The molecule has 2 nitrogen and oxygen atoms in total. The van der Waals surface area contributed by atoms with Crippen molar-refractivity contribution in [2.45, 2.75) is 59.9 Å². The summed E-state index contributed by atoms with van der Waals surface area (Å²) in [6.45, 7) is 14.5. The number of likely N-dealkylation sites (tertiary alicyclic amines) is 1. The van der Waals surface area contributed by atoms with Crippen LogP contribution in [0.25, 0.3) is 0 Å². The number of hydrogen-bond donors (Lipinski definition) is 1. The molecule has 0 amide bonds. The topological polar surface area (TPSA) is 29.3 Å². The number of aryl methyl sites for hydroxylation is 3. The SMILES string of the molecule is CCC1(C)CCN(C(CN)c2c(C)cc(C)cc2C)CC1. The number of rotatable bonds is 4. The minimum absolute atomic E-state index is 0.381. The van der Waals surface area contributed by atoms with Crippen molar-refractivity contribution >= 4 is 0 Å². The van der Waals surface area contributed by atoms with Gasteiger partial charge >= 0.3 is 0 Å². The summed E-state index contributed by atoms with van der Waals surface area (Å²) in [6.07, 6.45) is 3.88. The van der Waals surface area contributed by atoms with Gasteiger partial charge in [-0.05, 0) is 68.8 Å². The van der Waals surface area contributed by atoms with Gasteiger partial charge in [0.15, 0.2) is 0 Å². The summed E-state index contributed by atoms with van der Waals surface area (Å²) in [5.74, 6) is 0. The first-order valence-electron chi connectivity index (χ1n) is 8.42. The van der Waals surface area contributed by atoms with Crippen molar-refractivity contribution < 1.29 is 0 Å². The molecule has 0 bridgehead atoms. The predicted molar refractivity (Wildman–Crippen MR) is 91.7 cm³/mol. The normalized spacial score (nSPS) is 20.5. The Kier molecular flexibility index (Phi) is 5.11. The predicted octanol–water partition coefficient (Wildman–Crippen LogP) is 4.12. The Bertz CT molecular complexity index is 461. The Morgan fingerprint density at radius 3 is 2.10 bits per heavy atom. The third kappa shape index (κ3) is 3.49. The number of piperidine rings is 1. The molecule has 1 aromatic rings. The van der Waals surface area contributed by atoms with E-state index in [2.05, 4.69) is 51.7 Å².